The largest absolute Gasteiger partial charge is 0.328 e. The smallest absolute Gasteiger partial charge is 0.295 e. The predicted octanol–water partition coefficient (Wildman–Crippen LogP) is 0.847. The van der Waals surface area contributed by atoms with Gasteiger partial charge in [0.05, 0.1) is 11.0 Å². The summed E-state index contributed by atoms with van der Waals surface area (Å²) >= 11 is 0. The second kappa shape index (κ2) is 4.17. The molecule has 0 atom stereocenters. The van der Waals surface area contributed by atoms with Gasteiger partial charge in [-0.1, -0.05) is 0 Å². The molecule has 0 aliphatic heterocycles. The van der Waals surface area contributed by atoms with Gasteiger partial charge < -0.3 is 0 Å². The van der Waals surface area contributed by atoms with Gasteiger partial charge in [0.1, 0.15) is 10.7 Å². The fourth-order valence-electron chi connectivity index (χ4n) is 2.38. The lowest BCUT2D eigenvalue weighted by molar-refractivity contribution is 0.541. The SMILES string of the molecule is Cn1c(=O)n(C)c2cc(S(=O)(=O)NC3(C)CC3)c(F)cc21. The molecular formula is C13H16FN3O3S. The van der Waals surface area contributed by atoms with E-state index in [1.54, 1.807) is 6.92 Å². The van der Waals surface area contributed by atoms with Crippen LogP contribution in [0.4, 0.5) is 4.39 Å². The van der Waals surface area contributed by atoms with Crippen LogP contribution >= 0.6 is 0 Å². The third kappa shape index (κ3) is 2.18. The molecule has 2 aromatic rings. The Morgan fingerprint density at radius 3 is 2.24 bits per heavy atom. The summed E-state index contributed by atoms with van der Waals surface area (Å²) < 4.78 is 43.9. The van der Waals surface area contributed by atoms with E-state index in [1.807, 2.05) is 0 Å². The Morgan fingerprint density at radius 1 is 1.19 bits per heavy atom. The number of nitrogens with zero attached hydrogens (tertiary/aromatic N) is 2. The highest BCUT2D eigenvalue weighted by Crippen LogP contribution is 2.36. The highest BCUT2D eigenvalue weighted by atomic mass is 32.2. The van der Waals surface area contributed by atoms with Crippen LogP contribution in [0.2, 0.25) is 0 Å². The second-order valence-corrected chi connectivity index (χ2v) is 7.49. The molecule has 3 rings (SSSR count). The molecule has 1 N–H and O–H groups in total. The molecule has 0 radical (unpaired) electrons. The molecule has 1 aliphatic rings. The number of halogens is 1. The maximum Gasteiger partial charge on any atom is 0.328 e. The van der Waals surface area contributed by atoms with E-state index in [9.17, 15) is 17.6 Å². The van der Waals surface area contributed by atoms with Crippen LogP contribution < -0.4 is 10.4 Å². The highest BCUT2D eigenvalue weighted by molar-refractivity contribution is 7.89. The lowest BCUT2D eigenvalue weighted by Crippen LogP contribution is -2.34. The fraction of sp³-hybridized carbons (Fsp3) is 0.462. The van der Waals surface area contributed by atoms with Crippen molar-refractivity contribution in [2.24, 2.45) is 14.1 Å². The summed E-state index contributed by atoms with van der Waals surface area (Å²) in [6, 6.07) is 2.29. The molecular weight excluding hydrogens is 297 g/mol. The van der Waals surface area contributed by atoms with E-state index in [0.717, 1.165) is 18.9 Å². The topological polar surface area (TPSA) is 73.1 Å². The molecule has 1 aromatic carbocycles. The molecule has 1 aliphatic carbocycles. The molecule has 1 heterocycles. The second-order valence-electron chi connectivity index (χ2n) is 5.84. The van der Waals surface area contributed by atoms with Gasteiger partial charge in [-0.25, -0.2) is 22.3 Å². The minimum Gasteiger partial charge on any atom is -0.295 e. The first-order chi connectivity index (χ1) is 9.65. The Balaban J connectivity index is 2.22. The van der Waals surface area contributed by atoms with Gasteiger partial charge in [0, 0.05) is 25.7 Å². The third-order valence-corrected chi connectivity index (χ3v) is 5.65. The van der Waals surface area contributed by atoms with Crippen LogP contribution in [0, 0.1) is 5.82 Å². The zero-order valence-electron chi connectivity index (χ0n) is 12.0. The average molecular weight is 313 g/mol. The zero-order chi connectivity index (χ0) is 15.6. The first-order valence-electron chi connectivity index (χ1n) is 6.54. The Kier molecular flexibility index (Phi) is 2.84. The minimum atomic E-state index is -3.95. The summed E-state index contributed by atoms with van der Waals surface area (Å²) in [7, 11) is -0.910. The quantitative estimate of drug-likeness (QED) is 0.913. The number of nitrogens with one attached hydrogen (secondary N) is 1. The van der Waals surface area contributed by atoms with E-state index in [1.165, 1.54) is 29.3 Å². The number of aryl methyl sites for hydroxylation is 2. The van der Waals surface area contributed by atoms with Gasteiger partial charge in [0.15, 0.2) is 0 Å². The van der Waals surface area contributed by atoms with Crippen LogP contribution in [0.5, 0.6) is 0 Å². The molecule has 114 valence electrons. The number of hydrogen-bond acceptors (Lipinski definition) is 3. The normalized spacial score (nSPS) is 17.3. The van der Waals surface area contributed by atoms with Crippen molar-refractivity contribution in [2.75, 3.05) is 0 Å². The summed E-state index contributed by atoms with van der Waals surface area (Å²) in [6.07, 6.45) is 1.47. The monoisotopic (exact) mass is 313 g/mol. The van der Waals surface area contributed by atoms with Crippen molar-refractivity contribution >= 4 is 21.1 Å². The molecule has 1 fully saturated rings. The molecule has 8 heteroatoms. The van der Waals surface area contributed by atoms with Crippen molar-refractivity contribution in [3.8, 4) is 0 Å². The first-order valence-corrected chi connectivity index (χ1v) is 8.02. The van der Waals surface area contributed by atoms with E-state index < -0.39 is 26.3 Å². The van der Waals surface area contributed by atoms with Gasteiger partial charge in [-0.15, -0.1) is 0 Å². The van der Waals surface area contributed by atoms with E-state index in [-0.39, 0.29) is 5.69 Å². The zero-order valence-corrected chi connectivity index (χ0v) is 12.8. The number of fused-ring (bicyclic) bond motifs is 1. The van der Waals surface area contributed by atoms with Crippen molar-refractivity contribution in [2.45, 2.75) is 30.2 Å². The number of aromatic nitrogens is 2. The van der Waals surface area contributed by atoms with Crippen LogP contribution in [0.1, 0.15) is 19.8 Å². The minimum absolute atomic E-state index is 0.332. The van der Waals surface area contributed by atoms with Crippen molar-refractivity contribution in [3.05, 3.63) is 28.4 Å². The average Bonchev–Trinajstić information content (AvgIpc) is 3.07. The Hall–Kier alpha value is -1.67. The maximum absolute atomic E-state index is 14.2. The van der Waals surface area contributed by atoms with Crippen LogP contribution in [-0.4, -0.2) is 23.1 Å². The lowest BCUT2D eigenvalue weighted by Gasteiger charge is -2.13. The van der Waals surface area contributed by atoms with Crippen LogP contribution in [-0.2, 0) is 24.1 Å². The maximum atomic E-state index is 14.2. The molecule has 0 bridgehead atoms. The number of imidazole rings is 1. The summed E-state index contributed by atoms with van der Waals surface area (Å²) in [5.41, 5.74) is -0.0779. The first kappa shape index (κ1) is 14.3. The summed E-state index contributed by atoms with van der Waals surface area (Å²) in [5, 5.41) is 0. The van der Waals surface area contributed by atoms with Gasteiger partial charge in [0.25, 0.3) is 0 Å². The van der Waals surface area contributed by atoms with Crippen LogP contribution in [0.25, 0.3) is 11.0 Å². The Morgan fingerprint density at radius 2 is 1.71 bits per heavy atom. The van der Waals surface area contributed by atoms with Crippen LogP contribution in [0.3, 0.4) is 0 Å². The standard InChI is InChI=1S/C13H16FN3O3S/c1-13(4-5-13)15-21(19,20)11-7-10-9(6-8(11)14)16(2)12(18)17(10)3/h6-7,15H,4-5H2,1-3H3. The fourth-order valence-corrected chi connectivity index (χ4v) is 3.92. The van der Waals surface area contributed by atoms with Crippen LogP contribution in [0.15, 0.2) is 21.8 Å². The molecule has 0 unspecified atom stereocenters. The molecule has 0 amide bonds. The Bertz CT molecular complexity index is 907. The van der Waals surface area contributed by atoms with Gasteiger partial charge >= 0.3 is 5.69 Å². The molecule has 21 heavy (non-hydrogen) atoms. The molecule has 1 aromatic heterocycles. The van der Waals surface area contributed by atoms with E-state index in [2.05, 4.69) is 4.72 Å². The Labute approximate surface area is 121 Å². The third-order valence-electron chi connectivity index (χ3n) is 4.00. The van der Waals surface area contributed by atoms with E-state index in [0.29, 0.717) is 11.0 Å². The predicted molar refractivity (Wildman–Crippen MR) is 76.1 cm³/mol. The number of benzene rings is 1. The van der Waals surface area contributed by atoms with Gasteiger partial charge in [0.2, 0.25) is 10.0 Å². The summed E-state index contributed by atoms with van der Waals surface area (Å²) in [5.74, 6) is -0.861. The summed E-state index contributed by atoms with van der Waals surface area (Å²) in [4.78, 5) is 11.4. The van der Waals surface area contributed by atoms with Gasteiger partial charge in [-0.3, -0.25) is 9.13 Å². The summed E-state index contributed by atoms with van der Waals surface area (Å²) in [6.45, 7) is 1.78. The number of rotatable bonds is 3. The highest BCUT2D eigenvalue weighted by Gasteiger charge is 2.42. The van der Waals surface area contributed by atoms with Crippen molar-refractivity contribution in [3.63, 3.8) is 0 Å². The van der Waals surface area contributed by atoms with E-state index in [4.69, 9.17) is 0 Å². The number of hydrogen-bond donors (Lipinski definition) is 1. The van der Waals surface area contributed by atoms with Crippen molar-refractivity contribution in [1.82, 2.24) is 13.9 Å². The lowest BCUT2D eigenvalue weighted by atomic mass is 10.3. The molecule has 6 nitrogen and oxygen atoms in total. The van der Waals surface area contributed by atoms with Crippen molar-refractivity contribution < 1.29 is 12.8 Å². The van der Waals surface area contributed by atoms with E-state index >= 15 is 0 Å². The molecule has 1 saturated carbocycles. The van der Waals surface area contributed by atoms with Crippen molar-refractivity contribution in [1.29, 1.82) is 0 Å². The number of sulfonamides is 1. The van der Waals surface area contributed by atoms with Gasteiger partial charge in [-0.2, -0.15) is 0 Å². The molecule has 0 spiro atoms. The van der Waals surface area contributed by atoms with Gasteiger partial charge in [-0.05, 0) is 25.8 Å². The molecule has 0 saturated heterocycles.